The molecule has 0 amide bonds. The van der Waals surface area contributed by atoms with Crippen LogP contribution in [0.1, 0.15) is 12.8 Å². The molecule has 48 valence electrons. The van der Waals surface area contributed by atoms with Crippen LogP contribution in [-0.4, -0.2) is 30.3 Å². The number of rotatable bonds is 1. The van der Waals surface area contributed by atoms with E-state index in [2.05, 4.69) is 11.9 Å². The van der Waals surface area contributed by atoms with Crippen LogP contribution < -0.4 is 18.9 Å². The Bertz CT molecular complexity index is 79.5. The first kappa shape index (κ1) is 9.91. The van der Waals surface area contributed by atoms with Gasteiger partial charge < -0.3 is 17.5 Å². The third-order valence-electron chi connectivity index (χ3n) is 1.86. The molecule has 0 aromatic rings. The van der Waals surface area contributed by atoms with Gasteiger partial charge in [-0.1, -0.05) is 0 Å². The second-order valence-electron chi connectivity index (χ2n) is 2.44. The molecule has 1 heterocycles. The zero-order valence-corrected chi connectivity index (χ0v) is 7.08. The Hall–Kier alpha value is 0.907. The Morgan fingerprint density at radius 3 is 2.56 bits per heavy atom. The van der Waals surface area contributed by atoms with Crippen LogP contribution >= 0.6 is 0 Å². The van der Waals surface area contributed by atoms with Gasteiger partial charge in [-0.3, -0.25) is 0 Å². The Labute approximate surface area is 74.8 Å². The smallest absolute Gasteiger partial charge is 0.791 e. The molecule has 1 rings (SSSR count). The van der Waals surface area contributed by atoms with Gasteiger partial charge in [0, 0.05) is 0 Å². The van der Waals surface area contributed by atoms with Crippen molar-refractivity contribution in [1.29, 1.82) is 0 Å². The molecule has 1 saturated heterocycles. The van der Waals surface area contributed by atoms with Crippen molar-refractivity contribution in [2.24, 2.45) is 0 Å². The summed E-state index contributed by atoms with van der Waals surface area (Å²) in [5, 5.41) is 0. The maximum atomic E-state index is 4.95. The first-order valence-corrected chi connectivity index (χ1v) is 3.70. The number of likely N-dealkylation sites (tertiary alicyclic amines) is 1. The molecule has 1 aliphatic heterocycles. The van der Waals surface area contributed by atoms with Gasteiger partial charge in [0.1, 0.15) is 0 Å². The second kappa shape index (κ2) is 4.68. The largest absolute Gasteiger partial charge is 1.00 e. The summed E-state index contributed by atoms with van der Waals surface area (Å²) in [6, 6.07) is 0.713. The third kappa shape index (κ3) is 2.55. The van der Waals surface area contributed by atoms with Crippen molar-refractivity contribution < 1.29 is 18.9 Å². The van der Waals surface area contributed by atoms with Gasteiger partial charge >= 0.3 is 18.9 Å². The van der Waals surface area contributed by atoms with Gasteiger partial charge in [-0.2, -0.15) is 5.75 Å². The standard InChI is InChI=1S/C6H13NS.Li/c1-7-4-2-3-6(7)5-8;/h6,8H,2-5H2,1H3;/q;+1/p-1. The van der Waals surface area contributed by atoms with Crippen molar-refractivity contribution in [3.63, 3.8) is 0 Å². The van der Waals surface area contributed by atoms with E-state index in [0.29, 0.717) is 6.04 Å². The van der Waals surface area contributed by atoms with Gasteiger partial charge in [0.05, 0.1) is 0 Å². The van der Waals surface area contributed by atoms with Gasteiger partial charge in [-0.25, -0.2) is 0 Å². The summed E-state index contributed by atoms with van der Waals surface area (Å²) in [5.41, 5.74) is 0. The van der Waals surface area contributed by atoms with Crippen LogP contribution in [-0.2, 0) is 12.6 Å². The minimum atomic E-state index is 0. The quantitative estimate of drug-likeness (QED) is 0.293. The van der Waals surface area contributed by atoms with Gasteiger partial charge in [-0.15, -0.1) is 0 Å². The Kier molecular flexibility index (Phi) is 5.15. The molecule has 1 unspecified atom stereocenters. The summed E-state index contributed by atoms with van der Waals surface area (Å²) >= 11 is 4.95. The summed E-state index contributed by atoms with van der Waals surface area (Å²) in [6.07, 6.45) is 2.66. The summed E-state index contributed by atoms with van der Waals surface area (Å²) in [5.74, 6) is 0.913. The zero-order valence-electron chi connectivity index (χ0n) is 6.26. The molecule has 0 saturated carbocycles. The normalized spacial score (nSPS) is 28.0. The summed E-state index contributed by atoms with van der Waals surface area (Å²) in [4.78, 5) is 2.35. The van der Waals surface area contributed by atoms with Crippen LogP contribution in [0.15, 0.2) is 0 Å². The predicted molar refractivity (Wildman–Crippen MR) is 37.9 cm³/mol. The van der Waals surface area contributed by atoms with Crippen molar-refractivity contribution >= 4 is 12.6 Å². The fourth-order valence-electron chi connectivity index (χ4n) is 1.19. The van der Waals surface area contributed by atoms with E-state index in [-0.39, 0.29) is 18.9 Å². The predicted octanol–water partition coefficient (Wildman–Crippen LogP) is -2.37. The number of hydrogen-bond acceptors (Lipinski definition) is 2. The maximum absolute atomic E-state index is 4.95. The summed E-state index contributed by atoms with van der Waals surface area (Å²) < 4.78 is 0. The van der Waals surface area contributed by atoms with Crippen molar-refractivity contribution in [1.82, 2.24) is 4.90 Å². The van der Waals surface area contributed by atoms with E-state index < -0.39 is 0 Å². The van der Waals surface area contributed by atoms with Crippen LogP contribution in [0, 0.1) is 0 Å². The zero-order chi connectivity index (χ0) is 5.98. The van der Waals surface area contributed by atoms with E-state index in [0.717, 1.165) is 5.75 Å². The van der Waals surface area contributed by atoms with Gasteiger partial charge in [0.25, 0.3) is 0 Å². The van der Waals surface area contributed by atoms with E-state index >= 15 is 0 Å². The van der Waals surface area contributed by atoms with Crippen molar-refractivity contribution in [2.45, 2.75) is 18.9 Å². The fraction of sp³-hybridized carbons (Fsp3) is 1.00. The third-order valence-corrected chi connectivity index (χ3v) is 2.25. The van der Waals surface area contributed by atoms with Crippen molar-refractivity contribution in [3.8, 4) is 0 Å². The van der Waals surface area contributed by atoms with E-state index in [1.807, 2.05) is 0 Å². The van der Waals surface area contributed by atoms with Gasteiger partial charge in [-0.05, 0) is 32.5 Å². The molecule has 1 fully saturated rings. The first-order chi connectivity index (χ1) is 3.84. The van der Waals surface area contributed by atoms with Gasteiger partial charge in [0.2, 0.25) is 0 Å². The minimum absolute atomic E-state index is 0. The SMILES string of the molecule is CN1CCCC1C[S-].[Li+]. The molecule has 9 heavy (non-hydrogen) atoms. The Morgan fingerprint density at radius 2 is 2.33 bits per heavy atom. The Morgan fingerprint density at radius 1 is 1.67 bits per heavy atom. The van der Waals surface area contributed by atoms with Crippen LogP contribution in [0.4, 0.5) is 0 Å². The van der Waals surface area contributed by atoms with Gasteiger partial charge in [0.15, 0.2) is 0 Å². The topological polar surface area (TPSA) is 3.24 Å². The average molecular weight is 137 g/mol. The fourth-order valence-corrected chi connectivity index (χ4v) is 1.61. The molecule has 0 spiro atoms. The molecular formula is C6H12LiNS. The number of nitrogens with zero attached hydrogens (tertiary/aromatic N) is 1. The van der Waals surface area contributed by atoms with E-state index in [4.69, 9.17) is 12.6 Å². The second-order valence-corrected chi connectivity index (χ2v) is 2.78. The molecule has 3 heteroatoms. The molecule has 0 N–H and O–H groups in total. The minimum Gasteiger partial charge on any atom is -0.791 e. The molecule has 1 aliphatic rings. The van der Waals surface area contributed by atoms with E-state index in [1.165, 1.54) is 19.4 Å². The van der Waals surface area contributed by atoms with Crippen molar-refractivity contribution in [3.05, 3.63) is 0 Å². The molecule has 0 aromatic heterocycles. The van der Waals surface area contributed by atoms with Crippen LogP contribution in [0.5, 0.6) is 0 Å². The van der Waals surface area contributed by atoms with Crippen molar-refractivity contribution in [2.75, 3.05) is 19.3 Å². The molecule has 0 radical (unpaired) electrons. The molecular weight excluding hydrogens is 125 g/mol. The summed E-state index contributed by atoms with van der Waals surface area (Å²) in [7, 11) is 2.16. The number of hydrogen-bond donors (Lipinski definition) is 0. The van der Waals surface area contributed by atoms with E-state index in [9.17, 15) is 0 Å². The maximum Gasteiger partial charge on any atom is 1.00 e. The monoisotopic (exact) mass is 137 g/mol. The molecule has 0 aliphatic carbocycles. The first-order valence-electron chi connectivity index (χ1n) is 3.13. The molecule has 0 bridgehead atoms. The summed E-state index contributed by atoms with van der Waals surface area (Å²) in [6.45, 7) is 1.25. The molecule has 0 aromatic carbocycles. The van der Waals surface area contributed by atoms with Crippen LogP contribution in [0.25, 0.3) is 0 Å². The van der Waals surface area contributed by atoms with Crippen LogP contribution in [0.3, 0.4) is 0 Å². The molecule has 1 nitrogen and oxygen atoms in total. The Balaban J connectivity index is 0.000000640. The van der Waals surface area contributed by atoms with E-state index in [1.54, 1.807) is 0 Å². The van der Waals surface area contributed by atoms with Crippen LogP contribution in [0.2, 0.25) is 0 Å². The average Bonchev–Trinajstić information content (AvgIpc) is 2.14. The molecule has 1 atom stereocenters.